The van der Waals surface area contributed by atoms with Crippen LogP contribution in [0, 0.1) is 0 Å². The highest BCUT2D eigenvalue weighted by Crippen LogP contribution is 2.29. The quantitative estimate of drug-likeness (QED) is 0.816. The van der Waals surface area contributed by atoms with Gasteiger partial charge in [-0.3, -0.25) is 4.79 Å². The molecule has 2 rings (SSSR count). The van der Waals surface area contributed by atoms with Crippen molar-refractivity contribution in [1.82, 2.24) is 5.32 Å². The molecule has 0 radical (unpaired) electrons. The number of carbonyl (C=O) groups is 1. The first-order valence-corrected chi connectivity index (χ1v) is 8.49. The van der Waals surface area contributed by atoms with Gasteiger partial charge in [0.25, 0.3) is 15.0 Å². The lowest BCUT2D eigenvalue weighted by Gasteiger charge is -2.34. The molecule has 6 nitrogen and oxygen atoms in total. The SMILES string of the molecule is COC1CC(NC(=O)c2cc(S(=O)(=O)Cl)c(Br)o2)C1. The van der Waals surface area contributed by atoms with Crippen LogP contribution in [0.5, 0.6) is 0 Å². The molecule has 1 aliphatic carbocycles. The van der Waals surface area contributed by atoms with E-state index in [1.165, 1.54) is 0 Å². The van der Waals surface area contributed by atoms with Crippen molar-refractivity contribution in [1.29, 1.82) is 0 Å². The van der Waals surface area contributed by atoms with Crippen LogP contribution in [-0.2, 0) is 13.8 Å². The fourth-order valence-electron chi connectivity index (χ4n) is 1.76. The molecule has 0 spiro atoms. The number of methoxy groups -OCH3 is 1. The Morgan fingerprint density at radius 2 is 2.21 bits per heavy atom. The highest BCUT2D eigenvalue weighted by Gasteiger charge is 2.31. The predicted molar refractivity (Wildman–Crippen MR) is 70.7 cm³/mol. The van der Waals surface area contributed by atoms with Gasteiger partial charge in [-0.15, -0.1) is 0 Å². The molecule has 0 aromatic carbocycles. The Labute approximate surface area is 123 Å². The Kier molecular flexibility index (Phi) is 4.24. The lowest BCUT2D eigenvalue weighted by Crippen LogP contribution is -2.47. The third-order valence-corrected chi connectivity index (χ3v) is 5.08. The molecule has 0 aliphatic heterocycles. The zero-order valence-electron chi connectivity index (χ0n) is 9.85. The third-order valence-electron chi connectivity index (χ3n) is 2.91. The van der Waals surface area contributed by atoms with Gasteiger partial charge in [0, 0.05) is 29.9 Å². The van der Waals surface area contributed by atoms with Crippen LogP contribution in [0.4, 0.5) is 0 Å². The van der Waals surface area contributed by atoms with E-state index in [0.717, 1.165) is 18.9 Å². The number of halogens is 2. The average Bonchev–Trinajstić information content (AvgIpc) is 2.64. The normalized spacial score (nSPS) is 22.9. The molecule has 0 atom stereocenters. The van der Waals surface area contributed by atoms with Crippen LogP contribution in [0.3, 0.4) is 0 Å². The summed E-state index contributed by atoms with van der Waals surface area (Å²) >= 11 is 2.91. The summed E-state index contributed by atoms with van der Waals surface area (Å²) in [6.45, 7) is 0. The Bertz CT molecular complexity index is 593. The van der Waals surface area contributed by atoms with Crippen molar-refractivity contribution in [2.24, 2.45) is 0 Å². The number of ether oxygens (including phenoxy) is 1. The van der Waals surface area contributed by atoms with Crippen molar-refractivity contribution in [2.75, 3.05) is 7.11 Å². The highest BCUT2D eigenvalue weighted by atomic mass is 79.9. The Hall–Kier alpha value is -0.570. The van der Waals surface area contributed by atoms with Crippen molar-refractivity contribution in [3.8, 4) is 0 Å². The van der Waals surface area contributed by atoms with Crippen LogP contribution >= 0.6 is 26.6 Å². The van der Waals surface area contributed by atoms with Crippen molar-refractivity contribution < 1.29 is 22.4 Å². The highest BCUT2D eigenvalue weighted by molar-refractivity contribution is 9.10. The van der Waals surface area contributed by atoms with E-state index in [2.05, 4.69) is 21.2 Å². The number of nitrogens with one attached hydrogen (secondary N) is 1. The van der Waals surface area contributed by atoms with E-state index in [0.29, 0.717) is 0 Å². The first-order chi connectivity index (χ1) is 8.81. The van der Waals surface area contributed by atoms with E-state index in [-0.39, 0.29) is 27.5 Å². The van der Waals surface area contributed by atoms with Crippen molar-refractivity contribution in [2.45, 2.75) is 29.9 Å². The summed E-state index contributed by atoms with van der Waals surface area (Å²) in [5, 5.41) is 2.72. The number of amides is 1. The lowest BCUT2D eigenvalue weighted by molar-refractivity contribution is 0.0172. The molecule has 0 bridgehead atoms. The number of carbonyl (C=O) groups excluding carboxylic acids is 1. The van der Waals surface area contributed by atoms with Gasteiger partial charge in [0.15, 0.2) is 10.4 Å². The van der Waals surface area contributed by atoms with Gasteiger partial charge in [0.05, 0.1) is 6.10 Å². The van der Waals surface area contributed by atoms with Crippen LogP contribution in [0.1, 0.15) is 23.4 Å². The minimum Gasteiger partial charge on any atom is -0.443 e. The van der Waals surface area contributed by atoms with Crippen LogP contribution < -0.4 is 5.32 Å². The van der Waals surface area contributed by atoms with Gasteiger partial charge >= 0.3 is 0 Å². The van der Waals surface area contributed by atoms with E-state index in [1.54, 1.807) is 7.11 Å². The number of hydrogen-bond acceptors (Lipinski definition) is 5. The summed E-state index contributed by atoms with van der Waals surface area (Å²) in [7, 11) is 2.87. The van der Waals surface area contributed by atoms with Gasteiger partial charge in [-0.1, -0.05) is 0 Å². The molecule has 1 heterocycles. The minimum atomic E-state index is -3.95. The molecule has 1 amide bonds. The maximum absolute atomic E-state index is 11.8. The smallest absolute Gasteiger partial charge is 0.287 e. The largest absolute Gasteiger partial charge is 0.443 e. The second-order valence-electron chi connectivity index (χ2n) is 4.19. The molecular formula is C10H11BrClNO5S. The Morgan fingerprint density at radius 3 is 2.68 bits per heavy atom. The molecule has 19 heavy (non-hydrogen) atoms. The topological polar surface area (TPSA) is 85.6 Å². The second kappa shape index (κ2) is 5.43. The fourth-order valence-corrected chi connectivity index (χ4v) is 3.80. The molecule has 0 saturated heterocycles. The first kappa shape index (κ1) is 14.8. The summed E-state index contributed by atoms with van der Waals surface area (Å²) < 4.78 is 32.4. The Morgan fingerprint density at radius 1 is 1.58 bits per heavy atom. The third kappa shape index (κ3) is 3.31. The second-order valence-corrected chi connectivity index (χ2v) is 7.44. The summed E-state index contributed by atoms with van der Waals surface area (Å²) in [6, 6.07) is 1.10. The van der Waals surface area contributed by atoms with E-state index >= 15 is 0 Å². The number of furan rings is 1. The standard InChI is InChI=1S/C10H11BrClNO5S/c1-17-6-2-5(3-6)13-10(14)7-4-8(9(11)18-7)19(12,15)16/h4-6H,2-3H2,1H3,(H,13,14). The molecule has 1 aromatic rings. The van der Waals surface area contributed by atoms with Crippen LogP contribution in [-0.4, -0.2) is 33.6 Å². The van der Waals surface area contributed by atoms with E-state index < -0.39 is 15.0 Å². The molecule has 9 heteroatoms. The maximum atomic E-state index is 11.8. The lowest BCUT2D eigenvalue weighted by atomic mass is 9.89. The number of rotatable bonds is 4. The van der Waals surface area contributed by atoms with Crippen molar-refractivity contribution >= 4 is 41.6 Å². The van der Waals surface area contributed by atoms with Crippen molar-refractivity contribution in [3.05, 3.63) is 16.5 Å². The summed E-state index contributed by atoms with van der Waals surface area (Å²) in [4.78, 5) is 11.6. The summed E-state index contributed by atoms with van der Waals surface area (Å²) in [6.07, 6.45) is 1.61. The van der Waals surface area contributed by atoms with Crippen LogP contribution in [0.2, 0.25) is 0 Å². The van der Waals surface area contributed by atoms with Crippen LogP contribution in [0.15, 0.2) is 20.0 Å². The van der Waals surface area contributed by atoms with Gasteiger partial charge in [-0.2, -0.15) is 0 Å². The van der Waals surface area contributed by atoms with E-state index in [4.69, 9.17) is 19.8 Å². The van der Waals surface area contributed by atoms with Crippen LogP contribution in [0.25, 0.3) is 0 Å². The zero-order valence-corrected chi connectivity index (χ0v) is 13.0. The van der Waals surface area contributed by atoms with Gasteiger partial charge in [-0.05, 0) is 28.8 Å². The van der Waals surface area contributed by atoms with E-state index in [1.807, 2.05) is 0 Å². The molecule has 1 aliphatic rings. The Balaban J connectivity index is 2.05. The van der Waals surface area contributed by atoms with Gasteiger partial charge in [0.1, 0.15) is 4.90 Å². The van der Waals surface area contributed by atoms with E-state index in [9.17, 15) is 13.2 Å². The monoisotopic (exact) mass is 371 g/mol. The molecule has 0 unspecified atom stereocenters. The van der Waals surface area contributed by atoms with Gasteiger partial charge in [-0.25, -0.2) is 8.42 Å². The molecule has 1 N–H and O–H groups in total. The maximum Gasteiger partial charge on any atom is 0.287 e. The first-order valence-electron chi connectivity index (χ1n) is 5.39. The van der Waals surface area contributed by atoms with Crippen molar-refractivity contribution in [3.63, 3.8) is 0 Å². The molecule has 106 valence electrons. The molecule has 1 fully saturated rings. The minimum absolute atomic E-state index is 0.0115. The fraction of sp³-hybridized carbons (Fsp3) is 0.500. The van der Waals surface area contributed by atoms with Gasteiger partial charge in [0.2, 0.25) is 0 Å². The molecule has 1 saturated carbocycles. The summed E-state index contributed by atoms with van der Waals surface area (Å²) in [5.41, 5.74) is 0. The average molecular weight is 373 g/mol. The predicted octanol–water partition coefficient (Wildman–Crippen LogP) is 1.88. The summed E-state index contributed by atoms with van der Waals surface area (Å²) in [5.74, 6) is -0.584. The number of hydrogen-bond donors (Lipinski definition) is 1. The van der Waals surface area contributed by atoms with Gasteiger partial charge < -0.3 is 14.5 Å². The zero-order chi connectivity index (χ0) is 14.2. The molecular weight excluding hydrogens is 362 g/mol. The molecule has 1 aromatic heterocycles.